The summed E-state index contributed by atoms with van der Waals surface area (Å²) in [5, 5.41) is 0.378. The lowest BCUT2D eigenvalue weighted by molar-refractivity contribution is 0.100. The van der Waals surface area contributed by atoms with E-state index in [0.29, 0.717) is 45.0 Å². The summed E-state index contributed by atoms with van der Waals surface area (Å²) >= 11 is 0. The lowest BCUT2D eigenvalue weighted by Crippen LogP contribution is -2.16. The van der Waals surface area contributed by atoms with Gasteiger partial charge in [0.15, 0.2) is 0 Å². The first-order valence-corrected chi connectivity index (χ1v) is 14.1. The molecule has 14 heteroatoms. The smallest absolute Gasteiger partial charge is 0.264 e. The molecule has 0 fully saturated rings. The number of rotatable bonds is 8. The molecule has 0 saturated carbocycles. The van der Waals surface area contributed by atoms with Gasteiger partial charge in [-0.05, 0) is 42.0 Å². The highest BCUT2D eigenvalue weighted by molar-refractivity contribution is 7.92. The molecule has 10 nitrogen and oxygen atoms in total. The van der Waals surface area contributed by atoms with Crippen LogP contribution in [0.15, 0.2) is 71.8 Å². The van der Waals surface area contributed by atoms with Crippen LogP contribution in [0.1, 0.15) is 10.4 Å². The Bertz CT molecular complexity index is 2040. The second-order valence-corrected chi connectivity index (χ2v) is 11.2. The Morgan fingerprint density at radius 3 is 2.42 bits per heavy atom. The molecule has 43 heavy (non-hydrogen) atoms. The van der Waals surface area contributed by atoms with Crippen LogP contribution in [0.5, 0.6) is 11.6 Å². The third-order valence-corrected chi connectivity index (χ3v) is 8.09. The van der Waals surface area contributed by atoms with Gasteiger partial charge in [0, 0.05) is 34.3 Å². The number of primary amides is 1. The molecule has 0 bridgehead atoms. The van der Waals surface area contributed by atoms with Gasteiger partial charge < -0.3 is 20.9 Å². The minimum atomic E-state index is -4.50. The van der Waals surface area contributed by atoms with Crippen LogP contribution in [0.4, 0.5) is 20.3 Å². The van der Waals surface area contributed by atoms with Crippen molar-refractivity contribution in [2.75, 3.05) is 24.7 Å². The van der Waals surface area contributed by atoms with Crippen molar-refractivity contribution in [1.29, 1.82) is 0 Å². The third-order valence-electron chi connectivity index (χ3n) is 6.69. The van der Waals surface area contributed by atoms with E-state index >= 15 is 0 Å². The van der Waals surface area contributed by atoms with Crippen LogP contribution in [0.3, 0.4) is 0 Å². The Morgan fingerprint density at radius 1 is 0.977 bits per heavy atom. The number of benzene rings is 3. The second-order valence-electron chi connectivity index (χ2n) is 9.51. The number of hydrogen-bond acceptors (Lipinski definition) is 8. The molecule has 0 aliphatic heterocycles. The molecular weight excluding hydrogens is 579 g/mol. The van der Waals surface area contributed by atoms with Gasteiger partial charge in [0.1, 0.15) is 41.6 Å². The molecule has 5 N–H and O–H groups in total. The molecule has 0 radical (unpaired) electrons. The quantitative estimate of drug-likeness (QED) is 0.228. The van der Waals surface area contributed by atoms with E-state index in [0.717, 1.165) is 17.6 Å². The van der Waals surface area contributed by atoms with E-state index < -0.39 is 32.5 Å². The summed E-state index contributed by atoms with van der Waals surface area (Å²) < 4.78 is 66.7. The Hall–Kier alpha value is -5.24. The first-order valence-electron chi connectivity index (χ1n) is 12.6. The van der Waals surface area contributed by atoms with Crippen molar-refractivity contribution in [3.05, 3.63) is 84.1 Å². The van der Waals surface area contributed by atoms with E-state index in [1.54, 1.807) is 30.3 Å². The van der Waals surface area contributed by atoms with E-state index in [1.807, 2.05) is 13.9 Å². The Balaban J connectivity index is 1.66. The summed E-state index contributed by atoms with van der Waals surface area (Å²) in [5.74, 6) is -2.50. The average molecular weight is 603 g/mol. The van der Waals surface area contributed by atoms with Gasteiger partial charge in [0.05, 0.1) is 25.3 Å². The number of carbonyl (C=O) groups is 1. The minimum absolute atomic E-state index is 0.0760. The number of sulfonamides is 1. The average Bonchev–Trinajstić information content (AvgIpc) is 2.95. The maximum atomic E-state index is 14.3. The number of nitrogens with two attached hydrogens (primary N) is 2. The van der Waals surface area contributed by atoms with Crippen molar-refractivity contribution in [2.24, 2.45) is 5.73 Å². The second kappa shape index (κ2) is 11.2. The SMILES string of the molecule is Bc1ccc(-c2c(N)nc3ccc(-c4cnc(OC)c(NS(=O)(=O)c5ccc(F)cc5F)c4)cc3c2C(N)=O)c(OC)c1. The highest BCUT2D eigenvalue weighted by Crippen LogP contribution is 2.40. The Morgan fingerprint density at radius 2 is 1.74 bits per heavy atom. The Kier molecular flexibility index (Phi) is 7.63. The zero-order valence-electron chi connectivity index (χ0n) is 23.1. The molecule has 0 spiro atoms. The molecule has 0 aliphatic rings. The molecule has 0 unspecified atom stereocenters. The Labute approximate surface area is 246 Å². The van der Waals surface area contributed by atoms with E-state index in [1.165, 1.54) is 26.5 Å². The number of carbonyl (C=O) groups excluding carboxylic acids is 1. The number of nitrogen functional groups attached to an aromatic ring is 1. The molecule has 0 aliphatic carbocycles. The predicted octanol–water partition coefficient (Wildman–Crippen LogP) is 3.00. The van der Waals surface area contributed by atoms with Gasteiger partial charge in [-0.3, -0.25) is 9.52 Å². The van der Waals surface area contributed by atoms with Crippen LogP contribution < -0.4 is 31.1 Å². The molecule has 2 aromatic heterocycles. The number of anilines is 2. The van der Waals surface area contributed by atoms with Crippen LogP contribution in [0, 0.1) is 11.6 Å². The first-order chi connectivity index (χ1) is 20.4. The van der Waals surface area contributed by atoms with Crippen molar-refractivity contribution in [3.8, 4) is 33.9 Å². The number of nitrogens with one attached hydrogen (secondary N) is 1. The van der Waals surface area contributed by atoms with Crippen molar-refractivity contribution in [1.82, 2.24) is 9.97 Å². The number of ether oxygens (including phenoxy) is 2. The molecule has 3 aromatic carbocycles. The molecule has 0 atom stereocenters. The number of amides is 1. The van der Waals surface area contributed by atoms with Crippen molar-refractivity contribution < 1.29 is 31.5 Å². The number of halogens is 2. The molecular formula is C29H24BF2N5O5S. The zero-order chi connectivity index (χ0) is 31.1. The van der Waals surface area contributed by atoms with Crippen LogP contribution in [0.2, 0.25) is 0 Å². The van der Waals surface area contributed by atoms with Gasteiger partial charge in [0.2, 0.25) is 11.8 Å². The largest absolute Gasteiger partial charge is 0.496 e. The molecule has 5 aromatic rings. The number of fused-ring (bicyclic) bond motifs is 1. The maximum absolute atomic E-state index is 14.3. The summed E-state index contributed by atoms with van der Waals surface area (Å²) in [7, 11) is 0.168. The van der Waals surface area contributed by atoms with E-state index in [2.05, 4.69) is 14.7 Å². The number of pyridine rings is 2. The summed E-state index contributed by atoms with van der Waals surface area (Å²) in [4.78, 5) is 20.8. The summed E-state index contributed by atoms with van der Waals surface area (Å²) in [6.07, 6.45) is 1.43. The van der Waals surface area contributed by atoms with E-state index in [9.17, 15) is 22.0 Å². The fourth-order valence-electron chi connectivity index (χ4n) is 4.73. The van der Waals surface area contributed by atoms with E-state index in [4.69, 9.17) is 20.9 Å². The van der Waals surface area contributed by atoms with Crippen molar-refractivity contribution in [3.63, 3.8) is 0 Å². The maximum Gasteiger partial charge on any atom is 0.264 e. The monoisotopic (exact) mass is 603 g/mol. The van der Waals surface area contributed by atoms with Gasteiger partial charge in [-0.2, -0.15) is 0 Å². The van der Waals surface area contributed by atoms with Gasteiger partial charge in [-0.25, -0.2) is 27.2 Å². The van der Waals surface area contributed by atoms with Crippen LogP contribution in [-0.4, -0.2) is 46.4 Å². The lowest BCUT2D eigenvalue weighted by atomic mass is 9.90. The van der Waals surface area contributed by atoms with Crippen LogP contribution in [-0.2, 0) is 10.0 Å². The van der Waals surface area contributed by atoms with Gasteiger partial charge in [0.25, 0.3) is 10.0 Å². The lowest BCUT2D eigenvalue weighted by Gasteiger charge is -2.17. The predicted molar refractivity (Wildman–Crippen MR) is 162 cm³/mol. The summed E-state index contributed by atoms with van der Waals surface area (Å²) in [6, 6.07) is 13.9. The fourth-order valence-corrected chi connectivity index (χ4v) is 5.84. The van der Waals surface area contributed by atoms with Crippen molar-refractivity contribution >= 4 is 51.6 Å². The summed E-state index contributed by atoms with van der Waals surface area (Å²) in [6.45, 7) is 0. The normalized spacial score (nSPS) is 11.3. The number of hydrogen-bond donors (Lipinski definition) is 3. The molecule has 2 heterocycles. The van der Waals surface area contributed by atoms with Crippen LogP contribution >= 0.6 is 0 Å². The minimum Gasteiger partial charge on any atom is -0.496 e. The summed E-state index contributed by atoms with van der Waals surface area (Å²) in [5.41, 5.74) is 15.3. The van der Waals surface area contributed by atoms with E-state index in [-0.39, 0.29) is 22.9 Å². The third kappa shape index (κ3) is 5.51. The highest BCUT2D eigenvalue weighted by Gasteiger charge is 2.24. The molecule has 218 valence electrons. The number of nitrogens with zero attached hydrogens (tertiary/aromatic N) is 2. The molecule has 1 amide bonds. The van der Waals surface area contributed by atoms with Gasteiger partial charge in [-0.15, -0.1) is 0 Å². The molecule has 5 rings (SSSR count). The topological polar surface area (TPSA) is 160 Å². The molecule has 0 saturated heterocycles. The standard InChI is InChI=1S/C29H24BF2N5O5S/c1-41-23-11-16(30)4-6-18(23)25-26(28(34)38)19-9-14(3-7-21(19)36-27(25)33)15-10-22(29(42-2)35-13-15)37-43(39,40)24-8-5-17(31)12-20(24)32/h3-13,37H,30H2,1-2H3,(H2,33,36)(H2,34,38). The van der Waals surface area contributed by atoms with Gasteiger partial charge >= 0.3 is 0 Å². The number of methoxy groups -OCH3 is 2. The van der Waals surface area contributed by atoms with Crippen LogP contribution in [0.25, 0.3) is 33.2 Å². The van der Waals surface area contributed by atoms with Gasteiger partial charge in [-0.1, -0.05) is 23.7 Å². The first kappa shape index (κ1) is 29.3. The zero-order valence-corrected chi connectivity index (χ0v) is 23.9. The van der Waals surface area contributed by atoms with Crippen molar-refractivity contribution in [2.45, 2.75) is 4.90 Å². The fraction of sp³-hybridized carbons (Fsp3) is 0.0690. The number of aromatic nitrogens is 2. The highest BCUT2D eigenvalue weighted by atomic mass is 32.2.